The molecule has 1 aliphatic heterocycles. The van der Waals surface area contributed by atoms with Gasteiger partial charge in [-0.25, -0.2) is 4.79 Å². The number of morpholine rings is 1. The summed E-state index contributed by atoms with van der Waals surface area (Å²) in [4.78, 5) is 24.9. The Hall–Kier alpha value is -1.84. The zero-order valence-corrected chi connectivity index (χ0v) is 9.92. The third-order valence-corrected chi connectivity index (χ3v) is 3.00. The summed E-state index contributed by atoms with van der Waals surface area (Å²) in [7, 11) is 1.65. The lowest BCUT2D eigenvalue weighted by Crippen LogP contribution is -2.54. The summed E-state index contributed by atoms with van der Waals surface area (Å²) >= 11 is 0. The fourth-order valence-electron chi connectivity index (χ4n) is 1.96. The fraction of sp³-hybridized carbons (Fsp3) is 0.385. The Morgan fingerprint density at radius 2 is 1.88 bits per heavy atom. The van der Waals surface area contributed by atoms with Crippen molar-refractivity contribution >= 4 is 11.9 Å². The van der Waals surface area contributed by atoms with Crippen LogP contribution in [0.4, 0.5) is 0 Å². The molecular formula is C13H15NO3. The Morgan fingerprint density at radius 3 is 2.53 bits per heavy atom. The van der Waals surface area contributed by atoms with Crippen LogP contribution in [0.3, 0.4) is 0 Å². The topological polar surface area (TPSA) is 46.6 Å². The first-order valence-electron chi connectivity index (χ1n) is 5.60. The third kappa shape index (κ3) is 2.30. The first kappa shape index (κ1) is 11.6. The number of rotatable bonds is 2. The van der Waals surface area contributed by atoms with Crippen LogP contribution in [0.1, 0.15) is 12.5 Å². The Bertz CT molecular complexity index is 430. The van der Waals surface area contributed by atoms with Gasteiger partial charge in [-0.2, -0.15) is 0 Å². The molecule has 0 aromatic heterocycles. The summed E-state index contributed by atoms with van der Waals surface area (Å²) in [6, 6.07) is 9.09. The van der Waals surface area contributed by atoms with Crippen LogP contribution < -0.4 is 0 Å². The average Bonchev–Trinajstić information content (AvgIpc) is 2.33. The van der Waals surface area contributed by atoms with E-state index in [1.165, 1.54) is 4.90 Å². The zero-order valence-electron chi connectivity index (χ0n) is 9.92. The molecule has 1 heterocycles. The van der Waals surface area contributed by atoms with Gasteiger partial charge in [0.2, 0.25) is 0 Å². The van der Waals surface area contributed by atoms with Gasteiger partial charge in [-0.3, -0.25) is 4.79 Å². The maximum Gasteiger partial charge on any atom is 0.329 e. The highest BCUT2D eigenvalue weighted by molar-refractivity contribution is 5.92. The lowest BCUT2D eigenvalue weighted by Gasteiger charge is -2.34. The first-order chi connectivity index (χ1) is 8.09. The highest BCUT2D eigenvalue weighted by Gasteiger charge is 2.38. The molecule has 2 rings (SSSR count). The number of likely N-dealkylation sites (N-methyl/N-ethyl adjacent to an activating group) is 1. The van der Waals surface area contributed by atoms with E-state index < -0.39 is 12.1 Å². The van der Waals surface area contributed by atoms with Crippen molar-refractivity contribution in [2.75, 3.05) is 7.05 Å². The maximum absolute atomic E-state index is 11.7. The molecule has 0 spiro atoms. The molecule has 4 nitrogen and oxygen atoms in total. The van der Waals surface area contributed by atoms with E-state index >= 15 is 0 Å². The van der Waals surface area contributed by atoms with Crippen LogP contribution in [0.25, 0.3) is 0 Å². The van der Waals surface area contributed by atoms with Crippen molar-refractivity contribution in [3.63, 3.8) is 0 Å². The quantitative estimate of drug-likeness (QED) is 0.716. The van der Waals surface area contributed by atoms with Crippen LogP contribution in [0.15, 0.2) is 30.3 Å². The molecule has 0 bridgehead atoms. The van der Waals surface area contributed by atoms with Gasteiger partial charge < -0.3 is 9.64 Å². The standard InChI is InChI=1S/C13H15NO3/c1-9-12(15)14(2)11(13(16)17-9)8-10-6-4-3-5-7-10/h3-7,9,11H,8H2,1-2H3/t9-,11-/m0/s1. The van der Waals surface area contributed by atoms with Crippen LogP contribution in [-0.2, 0) is 20.7 Å². The molecule has 0 unspecified atom stereocenters. The summed E-state index contributed by atoms with van der Waals surface area (Å²) in [6.07, 6.45) is -0.172. The number of hydrogen-bond donors (Lipinski definition) is 0. The predicted octanol–water partition coefficient (Wildman–Crippen LogP) is 1.00. The summed E-state index contributed by atoms with van der Waals surface area (Å²) in [5, 5.41) is 0. The monoisotopic (exact) mass is 233 g/mol. The van der Waals surface area contributed by atoms with Crippen LogP contribution in [0.5, 0.6) is 0 Å². The van der Waals surface area contributed by atoms with E-state index in [0.717, 1.165) is 5.56 Å². The van der Waals surface area contributed by atoms with E-state index in [-0.39, 0.29) is 11.9 Å². The lowest BCUT2D eigenvalue weighted by molar-refractivity contribution is -0.175. The molecule has 1 aromatic rings. The third-order valence-electron chi connectivity index (χ3n) is 3.00. The van der Waals surface area contributed by atoms with Gasteiger partial charge in [0, 0.05) is 13.5 Å². The number of benzene rings is 1. The highest BCUT2D eigenvalue weighted by atomic mass is 16.6. The Kier molecular flexibility index (Phi) is 3.13. The Balaban J connectivity index is 2.15. The van der Waals surface area contributed by atoms with Gasteiger partial charge in [0.15, 0.2) is 6.10 Å². The van der Waals surface area contributed by atoms with Crippen molar-refractivity contribution in [3.8, 4) is 0 Å². The van der Waals surface area contributed by atoms with Gasteiger partial charge in [-0.1, -0.05) is 30.3 Å². The van der Waals surface area contributed by atoms with Gasteiger partial charge in [-0.05, 0) is 12.5 Å². The van der Waals surface area contributed by atoms with Crippen molar-refractivity contribution in [2.24, 2.45) is 0 Å². The SMILES string of the molecule is C[C@@H]1OC(=O)[C@H](Cc2ccccc2)N(C)C1=O. The van der Waals surface area contributed by atoms with Crippen LogP contribution in [0.2, 0.25) is 0 Å². The van der Waals surface area contributed by atoms with Gasteiger partial charge >= 0.3 is 5.97 Å². The van der Waals surface area contributed by atoms with Crippen molar-refractivity contribution in [1.82, 2.24) is 4.90 Å². The molecular weight excluding hydrogens is 218 g/mol. The molecule has 0 radical (unpaired) electrons. The minimum atomic E-state index is -0.667. The molecule has 17 heavy (non-hydrogen) atoms. The van der Waals surface area contributed by atoms with E-state index in [0.29, 0.717) is 6.42 Å². The molecule has 0 N–H and O–H groups in total. The molecule has 0 saturated carbocycles. The van der Waals surface area contributed by atoms with Crippen LogP contribution >= 0.6 is 0 Å². The summed E-state index contributed by atoms with van der Waals surface area (Å²) < 4.78 is 5.02. The number of carbonyl (C=O) groups excluding carboxylic acids is 2. The maximum atomic E-state index is 11.7. The molecule has 1 aliphatic rings. The van der Waals surface area contributed by atoms with Crippen molar-refractivity contribution in [1.29, 1.82) is 0 Å². The molecule has 1 amide bonds. The second-order valence-corrected chi connectivity index (χ2v) is 4.23. The molecule has 4 heteroatoms. The summed E-state index contributed by atoms with van der Waals surface area (Å²) in [5.41, 5.74) is 1.02. The Morgan fingerprint density at radius 1 is 1.24 bits per heavy atom. The second kappa shape index (κ2) is 4.57. The largest absolute Gasteiger partial charge is 0.451 e. The van der Waals surface area contributed by atoms with Gasteiger partial charge in [-0.15, -0.1) is 0 Å². The van der Waals surface area contributed by atoms with Gasteiger partial charge in [0.25, 0.3) is 5.91 Å². The minimum absolute atomic E-state index is 0.148. The average molecular weight is 233 g/mol. The smallest absolute Gasteiger partial charge is 0.329 e. The van der Waals surface area contributed by atoms with E-state index in [9.17, 15) is 9.59 Å². The highest BCUT2D eigenvalue weighted by Crippen LogP contribution is 2.16. The molecule has 1 saturated heterocycles. The van der Waals surface area contributed by atoms with Crippen molar-refractivity contribution < 1.29 is 14.3 Å². The number of cyclic esters (lactones) is 1. The number of esters is 1. The molecule has 0 aliphatic carbocycles. The second-order valence-electron chi connectivity index (χ2n) is 4.23. The number of hydrogen-bond acceptors (Lipinski definition) is 3. The zero-order chi connectivity index (χ0) is 12.4. The summed E-state index contributed by atoms with van der Waals surface area (Å²) in [5.74, 6) is -0.478. The van der Waals surface area contributed by atoms with E-state index in [4.69, 9.17) is 4.74 Å². The first-order valence-corrected chi connectivity index (χ1v) is 5.60. The van der Waals surface area contributed by atoms with E-state index in [1.807, 2.05) is 30.3 Å². The minimum Gasteiger partial charge on any atom is -0.451 e. The lowest BCUT2D eigenvalue weighted by atomic mass is 10.0. The molecule has 1 fully saturated rings. The Labute approximate surface area is 100 Å². The number of nitrogens with zero attached hydrogens (tertiary/aromatic N) is 1. The van der Waals surface area contributed by atoms with Crippen LogP contribution in [0, 0.1) is 0 Å². The van der Waals surface area contributed by atoms with Crippen molar-refractivity contribution in [2.45, 2.75) is 25.5 Å². The predicted molar refractivity (Wildman–Crippen MR) is 62.3 cm³/mol. The molecule has 90 valence electrons. The summed E-state index contributed by atoms with van der Waals surface area (Å²) in [6.45, 7) is 1.59. The molecule has 2 atom stereocenters. The van der Waals surface area contributed by atoms with E-state index in [1.54, 1.807) is 14.0 Å². The van der Waals surface area contributed by atoms with Crippen LogP contribution in [-0.4, -0.2) is 36.0 Å². The normalized spacial score (nSPS) is 24.7. The molecule has 1 aromatic carbocycles. The number of amides is 1. The number of ether oxygens (including phenoxy) is 1. The van der Waals surface area contributed by atoms with E-state index in [2.05, 4.69) is 0 Å². The van der Waals surface area contributed by atoms with Crippen molar-refractivity contribution in [3.05, 3.63) is 35.9 Å². The van der Waals surface area contributed by atoms with Gasteiger partial charge in [0.1, 0.15) is 6.04 Å². The fourth-order valence-corrected chi connectivity index (χ4v) is 1.96. The van der Waals surface area contributed by atoms with Gasteiger partial charge in [0.05, 0.1) is 0 Å². The number of carbonyl (C=O) groups is 2.